The van der Waals surface area contributed by atoms with E-state index in [-0.39, 0.29) is 22.3 Å². The van der Waals surface area contributed by atoms with Crippen LogP contribution in [0.25, 0.3) is 11.5 Å². The fraction of sp³-hybridized carbons (Fsp3) is 0.611. The van der Waals surface area contributed by atoms with E-state index in [1.165, 1.54) is 0 Å². The fourth-order valence-electron chi connectivity index (χ4n) is 4.43. The molecule has 2 aliphatic carbocycles. The number of halogens is 2. The highest BCUT2D eigenvalue weighted by atomic mass is 35.5. The molecule has 0 unspecified atom stereocenters. The SMILES string of the molecule is OCCc1c(Cl)nc(-c2noc3c2CCC[C@@]32CCCC[C@@H]2O)nc1Cl. The number of aliphatic hydroxyl groups excluding tert-OH is 2. The molecular formula is C18H21Cl2N3O3. The molecule has 4 rings (SSSR count). The Hall–Kier alpha value is -1.21. The fourth-order valence-corrected chi connectivity index (χ4v) is 5.01. The smallest absolute Gasteiger partial charge is 0.184 e. The van der Waals surface area contributed by atoms with Crippen LogP contribution in [-0.2, 0) is 18.3 Å². The van der Waals surface area contributed by atoms with Crippen LogP contribution in [0.3, 0.4) is 0 Å². The predicted octanol–water partition coefficient (Wildman–Crippen LogP) is 3.48. The molecule has 0 amide bonds. The van der Waals surface area contributed by atoms with Gasteiger partial charge in [0.25, 0.3) is 0 Å². The van der Waals surface area contributed by atoms with Gasteiger partial charge in [-0.3, -0.25) is 0 Å². The monoisotopic (exact) mass is 397 g/mol. The van der Waals surface area contributed by atoms with Gasteiger partial charge in [-0.15, -0.1) is 0 Å². The molecular weight excluding hydrogens is 377 g/mol. The molecule has 2 heterocycles. The van der Waals surface area contributed by atoms with E-state index in [2.05, 4.69) is 15.1 Å². The highest BCUT2D eigenvalue weighted by Crippen LogP contribution is 2.49. The summed E-state index contributed by atoms with van der Waals surface area (Å²) in [5.74, 6) is 1.11. The third kappa shape index (κ3) is 2.83. The summed E-state index contributed by atoms with van der Waals surface area (Å²) in [6.07, 6.45) is 6.39. The summed E-state index contributed by atoms with van der Waals surface area (Å²) in [6, 6.07) is 0. The summed E-state index contributed by atoms with van der Waals surface area (Å²) in [7, 11) is 0. The second-order valence-electron chi connectivity index (χ2n) is 7.19. The van der Waals surface area contributed by atoms with Crippen LogP contribution in [0.4, 0.5) is 0 Å². The van der Waals surface area contributed by atoms with Crippen LogP contribution in [-0.4, -0.2) is 38.0 Å². The van der Waals surface area contributed by atoms with E-state index in [1.807, 2.05) is 0 Å². The zero-order valence-electron chi connectivity index (χ0n) is 14.3. The first-order chi connectivity index (χ1) is 12.6. The van der Waals surface area contributed by atoms with Gasteiger partial charge in [0.05, 0.1) is 11.5 Å². The van der Waals surface area contributed by atoms with Crippen LogP contribution >= 0.6 is 23.2 Å². The van der Waals surface area contributed by atoms with E-state index < -0.39 is 6.10 Å². The van der Waals surface area contributed by atoms with Gasteiger partial charge in [-0.2, -0.15) is 0 Å². The first-order valence-electron chi connectivity index (χ1n) is 9.07. The van der Waals surface area contributed by atoms with Gasteiger partial charge in [0.2, 0.25) is 0 Å². The van der Waals surface area contributed by atoms with Gasteiger partial charge in [0, 0.05) is 24.2 Å². The normalized spacial score (nSPS) is 25.5. The molecule has 0 saturated heterocycles. The average molecular weight is 398 g/mol. The molecule has 2 N–H and O–H groups in total. The maximum absolute atomic E-state index is 10.7. The summed E-state index contributed by atoms with van der Waals surface area (Å²) in [6.45, 7) is -0.0814. The Kier molecular flexibility index (Phi) is 4.94. The lowest BCUT2D eigenvalue weighted by molar-refractivity contribution is 0.0149. The molecule has 2 aromatic heterocycles. The first kappa shape index (κ1) is 18.2. The Morgan fingerprint density at radius 3 is 2.54 bits per heavy atom. The quantitative estimate of drug-likeness (QED) is 0.770. The number of aliphatic hydroxyl groups is 2. The Balaban J connectivity index is 1.78. The zero-order valence-corrected chi connectivity index (χ0v) is 15.9. The highest BCUT2D eigenvalue weighted by molar-refractivity contribution is 6.34. The molecule has 1 spiro atoms. The van der Waals surface area contributed by atoms with E-state index >= 15 is 0 Å². The summed E-state index contributed by atoms with van der Waals surface area (Å²) in [5.41, 5.74) is 1.69. The van der Waals surface area contributed by atoms with Crippen LogP contribution in [0.5, 0.6) is 0 Å². The molecule has 0 aromatic carbocycles. The molecule has 0 radical (unpaired) electrons. The average Bonchev–Trinajstić information content (AvgIpc) is 3.06. The van der Waals surface area contributed by atoms with Gasteiger partial charge in [-0.1, -0.05) is 41.2 Å². The molecule has 6 nitrogen and oxygen atoms in total. The van der Waals surface area contributed by atoms with Gasteiger partial charge in [0.15, 0.2) is 11.5 Å². The summed E-state index contributed by atoms with van der Waals surface area (Å²) in [5, 5.41) is 24.5. The van der Waals surface area contributed by atoms with E-state index in [1.54, 1.807) is 0 Å². The largest absolute Gasteiger partial charge is 0.396 e. The zero-order chi connectivity index (χ0) is 18.3. The minimum absolute atomic E-state index is 0.0814. The molecule has 2 aromatic rings. The topological polar surface area (TPSA) is 92.3 Å². The summed E-state index contributed by atoms with van der Waals surface area (Å²) < 4.78 is 5.75. The third-order valence-corrected chi connectivity index (χ3v) is 6.38. The van der Waals surface area contributed by atoms with Crippen molar-refractivity contribution in [1.29, 1.82) is 0 Å². The highest BCUT2D eigenvalue weighted by Gasteiger charge is 2.48. The maximum Gasteiger partial charge on any atom is 0.184 e. The van der Waals surface area contributed by atoms with Gasteiger partial charge in [-0.25, -0.2) is 9.97 Å². The summed E-state index contributed by atoms with van der Waals surface area (Å²) >= 11 is 12.5. The Bertz CT molecular complexity index is 803. The van der Waals surface area contributed by atoms with Crippen molar-refractivity contribution in [3.05, 3.63) is 27.2 Å². The van der Waals surface area contributed by atoms with Crippen molar-refractivity contribution in [1.82, 2.24) is 15.1 Å². The van der Waals surface area contributed by atoms with Crippen molar-refractivity contribution >= 4 is 23.2 Å². The number of aromatic nitrogens is 3. The molecule has 26 heavy (non-hydrogen) atoms. The number of hydrogen-bond acceptors (Lipinski definition) is 6. The van der Waals surface area contributed by atoms with Crippen molar-refractivity contribution in [2.45, 2.75) is 62.9 Å². The van der Waals surface area contributed by atoms with E-state index in [0.29, 0.717) is 23.5 Å². The lowest BCUT2D eigenvalue weighted by atomic mass is 9.63. The van der Waals surface area contributed by atoms with E-state index in [4.69, 9.17) is 32.8 Å². The van der Waals surface area contributed by atoms with Crippen LogP contribution in [0.1, 0.15) is 55.4 Å². The molecule has 1 saturated carbocycles. The van der Waals surface area contributed by atoms with Crippen LogP contribution in [0, 0.1) is 0 Å². The summed E-state index contributed by atoms with van der Waals surface area (Å²) in [4.78, 5) is 8.66. The lowest BCUT2D eigenvalue weighted by Gasteiger charge is -2.42. The molecule has 8 heteroatoms. The van der Waals surface area contributed by atoms with E-state index in [9.17, 15) is 5.11 Å². The lowest BCUT2D eigenvalue weighted by Crippen LogP contribution is -2.44. The molecule has 2 aliphatic rings. The Morgan fingerprint density at radius 1 is 1.12 bits per heavy atom. The molecule has 0 aliphatic heterocycles. The minimum Gasteiger partial charge on any atom is -0.396 e. The van der Waals surface area contributed by atoms with Crippen LogP contribution in [0.2, 0.25) is 10.3 Å². The second-order valence-corrected chi connectivity index (χ2v) is 7.91. The molecule has 1 fully saturated rings. The van der Waals surface area contributed by atoms with Gasteiger partial charge < -0.3 is 14.7 Å². The van der Waals surface area contributed by atoms with Crippen molar-refractivity contribution in [3.8, 4) is 11.5 Å². The Morgan fingerprint density at radius 2 is 1.85 bits per heavy atom. The van der Waals surface area contributed by atoms with Crippen molar-refractivity contribution in [3.63, 3.8) is 0 Å². The van der Waals surface area contributed by atoms with Crippen molar-refractivity contribution < 1.29 is 14.7 Å². The number of hydrogen-bond donors (Lipinski definition) is 2. The van der Waals surface area contributed by atoms with Crippen LogP contribution < -0.4 is 0 Å². The number of fused-ring (bicyclic) bond motifs is 2. The Labute approximate surface area is 161 Å². The third-order valence-electron chi connectivity index (χ3n) is 5.76. The minimum atomic E-state index is -0.406. The number of nitrogens with zero attached hydrogens (tertiary/aromatic N) is 3. The second kappa shape index (κ2) is 7.08. The molecule has 0 bridgehead atoms. The maximum atomic E-state index is 10.7. The van der Waals surface area contributed by atoms with Gasteiger partial charge in [-0.05, 0) is 32.1 Å². The standard InChI is InChI=1S/C18H21Cl2N3O3/c19-15-11(6-9-24)16(20)22-17(21-15)13-10-4-3-8-18(14(10)26-23-13)7-2-1-5-12(18)25/h12,24-25H,1-9H2/t12-,18+/m0/s1. The predicted molar refractivity (Wildman–Crippen MR) is 97.4 cm³/mol. The molecule has 2 atom stereocenters. The van der Waals surface area contributed by atoms with Crippen LogP contribution in [0.15, 0.2) is 4.52 Å². The van der Waals surface area contributed by atoms with Gasteiger partial charge in [0.1, 0.15) is 16.1 Å². The van der Waals surface area contributed by atoms with Crippen molar-refractivity contribution in [2.75, 3.05) is 6.61 Å². The van der Waals surface area contributed by atoms with Gasteiger partial charge >= 0.3 is 0 Å². The first-order valence-corrected chi connectivity index (χ1v) is 9.82. The molecule has 140 valence electrons. The number of rotatable bonds is 3. The van der Waals surface area contributed by atoms with E-state index in [0.717, 1.165) is 56.3 Å². The van der Waals surface area contributed by atoms with Crippen molar-refractivity contribution in [2.24, 2.45) is 0 Å².